The van der Waals surface area contributed by atoms with Gasteiger partial charge in [-0.1, -0.05) is 4.90 Å². The zero-order chi connectivity index (χ0) is 7.78. The minimum Gasteiger partial charge on any atom is -0.360 e. The van der Waals surface area contributed by atoms with E-state index < -0.39 is 0 Å². The summed E-state index contributed by atoms with van der Waals surface area (Å²) in [6.45, 7) is 5.52. The highest BCUT2D eigenvalue weighted by atomic mass is 16.9. The second-order valence-electron chi connectivity index (χ2n) is 2.88. The van der Waals surface area contributed by atoms with Crippen LogP contribution in [-0.2, 0) is 4.94 Å². The lowest BCUT2D eigenvalue weighted by molar-refractivity contribution is -0.747. The predicted octanol–water partition coefficient (Wildman–Crippen LogP) is 0.915. The van der Waals surface area contributed by atoms with Crippen molar-refractivity contribution in [3.05, 3.63) is 5.21 Å². The highest BCUT2D eigenvalue weighted by Crippen LogP contribution is 2.17. The first-order valence-corrected chi connectivity index (χ1v) is 3.07. The van der Waals surface area contributed by atoms with Crippen LogP contribution in [0.1, 0.15) is 20.8 Å². The molecule has 4 heteroatoms. The highest BCUT2D eigenvalue weighted by molar-refractivity contribution is 5.98. The van der Waals surface area contributed by atoms with Crippen LogP contribution in [0.3, 0.4) is 0 Å². The van der Waals surface area contributed by atoms with Gasteiger partial charge in [-0.3, -0.25) is 4.94 Å². The molecule has 1 heterocycles. The van der Waals surface area contributed by atoms with Gasteiger partial charge in [-0.25, -0.2) is 0 Å². The zero-order valence-electron chi connectivity index (χ0n) is 6.29. The van der Waals surface area contributed by atoms with E-state index in [9.17, 15) is 5.21 Å². The van der Waals surface area contributed by atoms with Crippen molar-refractivity contribution in [1.82, 2.24) is 0 Å². The first-order chi connectivity index (χ1) is 4.54. The van der Waals surface area contributed by atoms with Crippen molar-refractivity contribution >= 4 is 11.9 Å². The molecular formula is C6H10N2O2. The number of nitrogens with zero attached hydrogens (tertiary/aromatic N) is 2. The molecule has 0 N–H and O–H groups in total. The van der Waals surface area contributed by atoms with Crippen molar-refractivity contribution in [2.24, 2.45) is 10.6 Å². The summed E-state index contributed by atoms with van der Waals surface area (Å²) in [6.07, 6.45) is 1.61. The fourth-order valence-electron chi connectivity index (χ4n) is 0.588. The minimum absolute atomic E-state index is 0.278. The van der Waals surface area contributed by atoms with E-state index in [1.165, 1.54) is 0 Å². The molecule has 0 radical (unpaired) electrons. The van der Waals surface area contributed by atoms with Crippen LogP contribution in [0.25, 0.3) is 0 Å². The van der Waals surface area contributed by atoms with Crippen molar-refractivity contribution in [3.8, 4) is 0 Å². The summed E-state index contributed by atoms with van der Waals surface area (Å²) in [5.74, 6) is 0. The maximum atomic E-state index is 10.8. The number of rotatable bonds is 0. The Kier molecular flexibility index (Phi) is 1.39. The maximum Gasteiger partial charge on any atom is 0.153 e. The van der Waals surface area contributed by atoms with Crippen LogP contribution in [0.2, 0.25) is 0 Å². The highest BCUT2D eigenvalue weighted by Gasteiger charge is 2.29. The molecule has 1 rings (SSSR count). The van der Waals surface area contributed by atoms with Crippen LogP contribution >= 0.6 is 0 Å². The van der Waals surface area contributed by atoms with Crippen molar-refractivity contribution < 1.29 is 9.84 Å². The van der Waals surface area contributed by atoms with Crippen molar-refractivity contribution in [2.45, 2.75) is 20.8 Å². The second kappa shape index (κ2) is 1.97. The number of hydrogen-bond acceptors (Lipinski definition) is 3. The van der Waals surface area contributed by atoms with Crippen LogP contribution in [0.4, 0.5) is 0 Å². The summed E-state index contributed by atoms with van der Waals surface area (Å²) in [5, 5.41) is 14.2. The summed E-state index contributed by atoms with van der Waals surface area (Å²) in [6, 6.07) is 0. The van der Waals surface area contributed by atoms with Gasteiger partial charge in [-0.2, -0.15) is 0 Å². The summed E-state index contributed by atoms with van der Waals surface area (Å²) < 4.78 is 0. The van der Waals surface area contributed by atoms with Crippen LogP contribution in [0, 0.1) is 10.6 Å². The Labute approximate surface area is 59.3 Å². The van der Waals surface area contributed by atoms with Crippen molar-refractivity contribution in [3.63, 3.8) is 0 Å². The second-order valence-corrected chi connectivity index (χ2v) is 2.88. The third kappa shape index (κ3) is 0.964. The lowest BCUT2D eigenvalue weighted by atomic mass is 9.90. The molecule has 10 heavy (non-hydrogen) atoms. The number of oxime groups is 1. The molecule has 0 aromatic rings. The Balaban J connectivity index is 2.97. The first-order valence-electron chi connectivity index (χ1n) is 3.07. The largest absolute Gasteiger partial charge is 0.360 e. The van der Waals surface area contributed by atoms with Crippen molar-refractivity contribution in [2.75, 3.05) is 0 Å². The fourth-order valence-corrected chi connectivity index (χ4v) is 0.588. The summed E-state index contributed by atoms with van der Waals surface area (Å²) in [5.41, 5.74) is 0.336. The molecular weight excluding hydrogens is 132 g/mol. The quantitative estimate of drug-likeness (QED) is 0.472. The van der Waals surface area contributed by atoms with E-state index >= 15 is 0 Å². The zero-order valence-corrected chi connectivity index (χ0v) is 6.29. The lowest BCUT2D eigenvalue weighted by Crippen LogP contribution is -2.33. The van der Waals surface area contributed by atoms with E-state index in [4.69, 9.17) is 0 Å². The Bertz CT molecular complexity index is 206. The van der Waals surface area contributed by atoms with Gasteiger partial charge in [0, 0.05) is 5.16 Å². The Morgan fingerprint density at radius 1 is 1.70 bits per heavy atom. The smallest absolute Gasteiger partial charge is 0.153 e. The molecule has 0 saturated heterocycles. The fraction of sp³-hybridized carbons (Fsp3) is 0.667. The van der Waals surface area contributed by atoms with E-state index in [0.717, 1.165) is 0 Å². The summed E-state index contributed by atoms with van der Waals surface area (Å²) in [4.78, 5) is 4.77. The maximum absolute atomic E-state index is 10.8. The molecule has 0 spiro atoms. The van der Waals surface area contributed by atoms with Gasteiger partial charge in [0.1, 0.15) is 5.71 Å². The van der Waals surface area contributed by atoms with E-state index in [2.05, 4.69) is 10.1 Å². The molecule has 56 valence electrons. The molecule has 1 aliphatic rings. The molecule has 0 amide bonds. The topological polar surface area (TPSA) is 47.7 Å². The van der Waals surface area contributed by atoms with E-state index in [1.54, 1.807) is 13.1 Å². The molecule has 0 aliphatic carbocycles. The van der Waals surface area contributed by atoms with Gasteiger partial charge >= 0.3 is 0 Å². The average Bonchev–Trinajstić information content (AvgIpc) is 1.83. The molecule has 4 nitrogen and oxygen atoms in total. The Morgan fingerprint density at radius 3 is 2.70 bits per heavy atom. The number of hydrogen-bond donors (Lipinski definition) is 0. The minimum atomic E-state index is -0.278. The van der Waals surface area contributed by atoms with E-state index in [1.807, 2.05) is 13.8 Å². The average molecular weight is 142 g/mol. The van der Waals surface area contributed by atoms with Gasteiger partial charge in [0.25, 0.3) is 0 Å². The third-order valence-corrected chi connectivity index (χ3v) is 1.70. The SMILES string of the molecule is CC1=[N+]([O-])ON=CC1(C)C. The van der Waals surface area contributed by atoms with Crippen LogP contribution in [-0.4, -0.2) is 16.8 Å². The summed E-state index contributed by atoms with van der Waals surface area (Å²) in [7, 11) is 0. The molecule has 0 bridgehead atoms. The molecule has 0 aromatic carbocycles. The van der Waals surface area contributed by atoms with E-state index in [0.29, 0.717) is 10.6 Å². The van der Waals surface area contributed by atoms with Gasteiger partial charge in [0.15, 0.2) is 6.21 Å². The first kappa shape index (κ1) is 7.05. The molecule has 0 aromatic heterocycles. The molecule has 0 atom stereocenters. The van der Waals surface area contributed by atoms with Crippen LogP contribution < -0.4 is 0 Å². The predicted molar refractivity (Wildman–Crippen MR) is 37.7 cm³/mol. The molecule has 0 fully saturated rings. The third-order valence-electron chi connectivity index (χ3n) is 1.70. The van der Waals surface area contributed by atoms with Gasteiger partial charge in [0.05, 0.1) is 5.41 Å². The van der Waals surface area contributed by atoms with Crippen LogP contribution in [0.5, 0.6) is 0 Å². The van der Waals surface area contributed by atoms with Crippen molar-refractivity contribution in [1.29, 1.82) is 0 Å². The van der Waals surface area contributed by atoms with Gasteiger partial charge in [0.2, 0.25) is 0 Å². The van der Waals surface area contributed by atoms with Gasteiger partial charge in [-0.15, -0.1) is 0 Å². The standard InChI is InChI=1S/C6H10N2O2/c1-5-6(2,3)4-7-10-8(5)9/h4H,1-3H3. The Morgan fingerprint density at radius 2 is 2.30 bits per heavy atom. The normalized spacial score (nSPS) is 22.7. The molecule has 0 saturated carbocycles. The van der Waals surface area contributed by atoms with Gasteiger partial charge in [-0.05, 0) is 20.8 Å². The molecule has 0 unspecified atom stereocenters. The van der Waals surface area contributed by atoms with E-state index in [-0.39, 0.29) is 5.41 Å². The lowest BCUT2D eigenvalue weighted by Gasteiger charge is -2.20. The monoisotopic (exact) mass is 142 g/mol. The summed E-state index contributed by atoms with van der Waals surface area (Å²) >= 11 is 0. The van der Waals surface area contributed by atoms with Gasteiger partial charge < -0.3 is 5.21 Å². The molecule has 1 aliphatic heterocycles. The Hall–Kier alpha value is -1.06. The van der Waals surface area contributed by atoms with Crippen LogP contribution in [0.15, 0.2) is 5.16 Å².